The molecule has 0 radical (unpaired) electrons. The molecule has 0 unspecified atom stereocenters. The van der Waals surface area contributed by atoms with Crippen LogP contribution in [-0.4, -0.2) is 37.3 Å². The van der Waals surface area contributed by atoms with E-state index in [1.165, 1.54) is 12.1 Å². The fourth-order valence-corrected chi connectivity index (χ4v) is 4.62. The second kappa shape index (κ2) is 5.55. The minimum absolute atomic E-state index is 0.00864. The highest BCUT2D eigenvalue weighted by atomic mass is 32.2. The van der Waals surface area contributed by atoms with Crippen LogP contribution < -0.4 is 10.1 Å². The fourth-order valence-electron chi connectivity index (χ4n) is 2.91. The maximum Gasteiger partial charge on any atom is 0.265 e. The number of carbonyl (C=O) groups excluding carboxylic acids is 1. The first-order chi connectivity index (χ1) is 10.4. The number of hydrogen-bond acceptors (Lipinski definition) is 4. The van der Waals surface area contributed by atoms with Gasteiger partial charge in [0, 0.05) is 18.7 Å². The number of benzene rings is 1. The van der Waals surface area contributed by atoms with Crippen LogP contribution in [-0.2, 0) is 14.8 Å². The van der Waals surface area contributed by atoms with Gasteiger partial charge in [-0.1, -0.05) is 6.42 Å². The lowest BCUT2D eigenvalue weighted by atomic mass is 10.1. The largest absolute Gasteiger partial charge is 0.479 e. The number of nitrogens with zero attached hydrogens (tertiary/aromatic N) is 1. The maximum atomic E-state index is 12.8. The lowest BCUT2D eigenvalue weighted by Crippen LogP contribution is -2.42. The number of piperidine rings is 1. The van der Waals surface area contributed by atoms with Gasteiger partial charge in [-0.05, 0) is 38.8 Å². The van der Waals surface area contributed by atoms with Gasteiger partial charge in [0.25, 0.3) is 5.91 Å². The summed E-state index contributed by atoms with van der Waals surface area (Å²) in [7, 11) is -3.54. The lowest BCUT2D eigenvalue weighted by Gasteiger charge is -2.32. The molecule has 22 heavy (non-hydrogen) atoms. The highest BCUT2D eigenvalue weighted by Gasteiger charge is 2.32. The molecule has 0 aromatic heterocycles. The van der Waals surface area contributed by atoms with Crippen molar-refractivity contribution in [1.82, 2.24) is 4.31 Å². The Bertz CT molecular complexity index is 701. The van der Waals surface area contributed by atoms with E-state index in [4.69, 9.17) is 4.74 Å². The fraction of sp³-hybridized carbons (Fsp3) is 0.533. The summed E-state index contributed by atoms with van der Waals surface area (Å²) in [5.74, 6) is 0.172. The molecule has 1 aromatic carbocycles. The molecule has 6 nitrogen and oxygen atoms in total. The summed E-state index contributed by atoms with van der Waals surface area (Å²) in [4.78, 5) is 11.8. The third kappa shape index (κ3) is 2.59. The van der Waals surface area contributed by atoms with Crippen LogP contribution >= 0.6 is 0 Å². The van der Waals surface area contributed by atoms with E-state index in [0.717, 1.165) is 19.3 Å². The van der Waals surface area contributed by atoms with E-state index in [9.17, 15) is 13.2 Å². The van der Waals surface area contributed by atoms with Crippen LogP contribution in [0.1, 0.15) is 33.1 Å². The summed E-state index contributed by atoms with van der Waals surface area (Å²) >= 11 is 0. The van der Waals surface area contributed by atoms with Crippen molar-refractivity contribution < 1.29 is 17.9 Å². The van der Waals surface area contributed by atoms with E-state index < -0.39 is 16.1 Å². The van der Waals surface area contributed by atoms with Crippen molar-refractivity contribution in [3.63, 3.8) is 0 Å². The quantitative estimate of drug-likeness (QED) is 0.902. The second-order valence-corrected chi connectivity index (χ2v) is 7.76. The number of amides is 1. The van der Waals surface area contributed by atoms with Crippen molar-refractivity contribution in [1.29, 1.82) is 0 Å². The standard InChI is InChI=1S/C15H20N2O4S/c1-10-5-3-4-8-17(10)22(19,20)12-6-7-13-14(9-12)21-11(2)15(18)16-13/h6-7,9-11H,3-5,8H2,1-2H3,(H,16,18)/t10-,11+/m1/s1. The van der Waals surface area contributed by atoms with Gasteiger partial charge >= 0.3 is 0 Å². The summed E-state index contributed by atoms with van der Waals surface area (Å²) in [5, 5.41) is 2.70. The predicted molar refractivity (Wildman–Crippen MR) is 82.4 cm³/mol. The van der Waals surface area contributed by atoms with Crippen LogP contribution in [0.5, 0.6) is 5.75 Å². The molecule has 2 atom stereocenters. The topological polar surface area (TPSA) is 75.7 Å². The zero-order valence-corrected chi connectivity index (χ0v) is 13.5. The monoisotopic (exact) mass is 324 g/mol. The number of rotatable bonds is 2. The average molecular weight is 324 g/mol. The van der Waals surface area contributed by atoms with Gasteiger partial charge in [-0.3, -0.25) is 4.79 Å². The maximum absolute atomic E-state index is 12.8. The zero-order valence-electron chi connectivity index (χ0n) is 12.7. The molecule has 0 aliphatic carbocycles. The number of fused-ring (bicyclic) bond motifs is 1. The van der Waals surface area contributed by atoms with Crippen molar-refractivity contribution in [2.75, 3.05) is 11.9 Å². The van der Waals surface area contributed by atoms with Gasteiger partial charge in [0.1, 0.15) is 5.75 Å². The Morgan fingerprint density at radius 3 is 2.77 bits per heavy atom. The Morgan fingerprint density at radius 2 is 2.05 bits per heavy atom. The van der Waals surface area contributed by atoms with E-state index in [1.807, 2.05) is 6.92 Å². The molecule has 2 aliphatic heterocycles. The van der Waals surface area contributed by atoms with Gasteiger partial charge in [0.2, 0.25) is 10.0 Å². The molecule has 2 heterocycles. The third-order valence-electron chi connectivity index (χ3n) is 4.23. The van der Waals surface area contributed by atoms with Crippen LogP contribution in [0.15, 0.2) is 23.1 Å². The summed E-state index contributed by atoms with van der Waals surface area (Å²) in [6, 6.07) is 4.62. The number of anilines is 1. The first-order valence-electron chi connectivity index (χ1n) is 7.53. The predicted octanol–water partition coefficient (Wildman–Crippen LogP) is 1.97. The molecule has 0 saturated carbocycles. The minimum atomic E-state index is -3.54. The Hall–Kier alpha value is -1.60. The molecule has 1 amide bonds. The molecule has 1 N–H and O–H groups in total. The van der Waals surface area contributed by atoms with Gasteiger partial charge in [0.15, 0.2) is 6.10 Å². The van der Waals surface area contributed by atoms with Crippen LogP contribution in [0, 0.1) is 0 Å². The molecule has 3 rings (SSSR count). The second-order valence-electron chi connectivity index (χ2n) is 5.87. The molecular weight excluding hydrogens is 304 g/mol. The summed E-state index contributed by atoms with van der Waals surface area (Å²) < 4.78 is 32.7. The molecule has 0 spiro atoms. The van der Waals surface area contributed by atoms with Gasteiger partial charge in [-0.2, -0.15) is 4.31 Å². The minimum Gasteiger partial charge on any atom is -0.479 e. The first kappa shape index (κ1) is 15.3. The Morgan fingerprint density at radius 1 is 1.27 bits per heavy atom. The van der Waals surface area contributed by atoms with Gasteiger partial charge < -0.3 is 10.1 Å². The Labute approximate surface area is 130 Å². The van der Waals surface area contributed by atoms with Crippen LogP contribution in [0.4, 0.5) is 5.69 Å². The molecule has 7 heteroatoms. The van der Waals surface area contributed by atoms with Crippen molar-refractivity contribution >= 4 is 21.6 Å². The highest BCUT2D eigenvalue weighted by Crippen LogP contribution is 2.34. The van der Waals surface area contributed by atoms with Gasteiger partial charge in [-0.15, -0.1) is 0 Å². The van der Waals surface area contributed by atoms with Crippen LogP contribution in [0.2, 0.25) is 0 Å². The number of nitrogens with one attached hydrogen (secondary N) is 1. The number of ether oxygens (including phenoxy) is 1. The molecule has 1 fully saturated rings. The van der Waals surface area contributed by atoms with Crippen molar-refractivity contribution in [3.05, 3.63) is 18.2 Å². The SMILES string of the molecule is C[C@@H]1Oc2cc(S(=O)(=O)N3CCCC[C@H]3C)ccc2NC1=O. The smallest absolute Gasteiger partial charge is 0.265 e. The third-order valence-corrected chi connectivity index (χ3v) is 6.24. The molecular formula is C15H20N2O4S. The van der Waals surface area contributed by atoms with Crippen LogP contribution in [0.25, 0.3) is 0 Å². The molecule has 120 valence electrons. The van der Waals surface area contributed by atoms with E-state index in [1.54, 1.807) is 17.3 Å². The normalized spacial score (nSPS) is 26.0. The van der Waals surface area contributed by atoms with Gasteiger partial charge in [-0.25, -0.2) is 8.42 Å². The molecule has 1 saturated heterocycles. The summed E-state index contributed by atoms with van der Waals surface area (Å²) in [6.45, 7) is 4.12. The summed E-state index contributed by atoms with van der Waals surface area (Å²) in [6.07, 6.45) is 2.20. The Balaban J connectivity index is 1.95. The average Bonchev–Trinajstić information content (AvgIpc) is 2.48. The van der Waals surface area contributed by atoms with Gasteiger partial charge in [0.05, 0.1) is 10.6 Å². The van der Waals surface area contributed by atoms with Crippen molar-refractivity contribution in [2.45, 2.75) is 50.2 Å². The zero-order chi connectivity index (χ0) is 15.9. The van der Waals surface area contributed by atoms with E-state index in [0.29, 0.717) is 18.0 Å². The highest BCUT2D eigenvalue weighted by molar-refractivity contribution is 7.89. The van der Waals surface area contributed by atoms with Crippen molar-refractivity contribution in [3.8, 4) is 5.75 Å². The van der Waals surface area contributed by atoms with Crippen molar-refractivity contribution in [2.24, 2.45) is 0 Å². The number of carbonyl (C=O) groups is 1. The molecule has 1 aromatic rings. The van der Waals surface area contributed by atoms with E-state index in [2.05, 4.69) is 5.32 Å². The number of sulfonamides is 1. The molecule has 0 bridgehead atoms. The first-order valence-corrected chi connectivity index (χ1v) is 8.97. The van der Waals surface area contributed by atoms with E-state index in [-0.39, 0.29) is 16.8 Å². The lowest BCUT2D eigenvalue weighted by molar-refractivity contribution is -0.122. The Kier molecular flexibility index (Phi) is 3.86. The summed E-state index contributed by atoms with van der Waals surface area (Å²) in [5.41, 5.74) is 0.508. The van der Waals surface area contributed by atoms with E-state index >= 15 is 0 Å². The van der Waals surface area contributed by atoms with Crippen LogP contribution in [0.3, 0.4) is 0 Å². The number of hydrogen-bond donors (Lipinski definition) is 1. The molecule has 2 aliphatic rings.